The van der Waals surface area contributed by atoms with Crippen LogP contribution in [-0.2, 0) is 0 Å². The van der Waals surface area contributed by atoms with Crippen molar-refractivity contribution in [2.75, 3.05) is 11.1 Å². The summed E-state index contributed by atoms with van der Waals surface area (Å²) in [5, 5.41) is 4.26. The zero-order valence-electron chi connectivity index (χ0n) is 10.6. The summed E-state index contributed by atoms with van der Waals surface area (Å²) in [6, 6.07) is 7.73. The fraction of sp³-hybridized carbons (Fsp3) is 0.429. The Morgan fingerprint density at radius 3 is 3.16 bits per heavy atom. The van der Waals surface area contributed by atoms with E-state index in [-0.39, 0.29) is 0 Å². The van der Waals surface area contributed by atoms with Gasteiger partial charge in [-0.05, 0) is 37.0 Å². The van der Waals surface area contributed by atoms with Gasteiger partial charge in [0.05, 0.1) is 6.04 Å². The molecule has 5 heteroatoms. The third-order valence-corrected chi connectivity index (χ3v) is 4.81. The summed E-state index contributed by atoms with van der Waals surface area (Å²) in [4.78, 5) is 15.9. The smallest absolute Gasteiger partial charge is 0.248 e. The fourth-order valence-electron chi connectivity index (χ4n) is 2.70. The van der Waals surface area contributed by atoms with Crippen LogP contribution in [0.15, 0.2) is 29.3 Å². The molecule has 19 heavy (non-hydrogen) atoms. The molecule has 0 radical (unpaired) electrons. The average molecular weight is 275 g/mol. The molecule has 0 saturated heterocycles. The highest BCUT2D eigenvalue weighted by Crippen LogP contribution is 2.35. The van der Waals surface area contributed by atoms with Crippen LogP contribution in [0.25, 0.3) is 0 Å². The molecule has 2 unspecified atom stereocenters. The van der Waals surface area contributed by atoms with E-state index in [0.29, 0.717) is 11.6 Å². The second kappa shape index (κ2) is 5.25. The van der Waals surface area contributed by atoms with Gasteiger partial charge in [0.2, 0.25) is 5.91 Å². The molecule has 0 aromatic heterocycles. The molecule has 1 aliphatic heterocycles. The maximum atomic E-state index is 11.2. The van der Waals surface area contributed by atoms with E-state index in [0.717, 1.165) is 22.5 Å². The lowest BCUT2D eigenvalue weighted by atomic mass is 10.1. The summed E-state index contributed by atoms with van der Waals surface area (Å²) >= 11 is 1.77. The Kier molecular flexibility index (Phi) is 3.46. The van der Waals surface area contributed by atoms with E-state index in [1.165, 1.54) is 19.3 Å². The summed E-state index contributed by atoms with van der Waals surface area (Å²) < 4.78 is 0. The number of nitrogens with two attached hydrogens (primary N) is 1. The molecule has 1 aromatic carbocycles. The number of fused-ring (bicyclic) bond motifs is 1. The van der Waals surface area contributed by atoms with Crippen LogP contribution in [0.3, 0.4) is 0 Å². The predicted molar refractivity (Wildman–Crippen MR) is 79.6 cm³/mol. The number of hydrogen-bond donors (Lipinski definition) is 2. The van der Waals surface area contributed by atoms with Crippen LogP contribution in [0.4, 0.5) is 5.69 Å². The molecule has 1 amide bonds. The van der Waals surface area contributed by atoms with Crippen molar-refractivity contribution in [2.45, 2.75) is 25.3 Å². The number of amides is 1. The molecule has 1 aromatic rings. The predicted octanol–water partition coefficient (Wildman–Crippen LogP) is 2.47. The van der Waals surface area contributed by atoms with Crippen LogP contribution in [0, 0.1) is 5.92 Å². The monoisotopic (exact) mass is 275 g/mol. The Bertz CT molecular complexity index is 529. The van der Waals surface area contributed by atoms with Crippen molar-refractivity contribution < 1.29 is 4.79 Å². The van der Waals surface area contributed by atoms with Crippen molar-refractivity contribution >= 4 is 28.5 Å². The molecule has 1 aliphatic carbocycles. The molecule has 100 valence electrons. The number of carbonyl (C=O) groups excluding carboxylic acids is 1. The third-order valence-electron chi connectivity index (χ3n) is 3.73. The van der Waals surface area contributed by atoms with Gasteiger partial charge in [0.1, 0.15) is 0 Å². The van der Waals surface area contributed by atoms with Gasteiger partial charge >= 0.3 is 0 Å². The van der Waals surface area contributed by atoms with E-state index in [9.17, 15) is 4.79 Å². The molecule has 0 bridgehead atoms. The van der Waals surface area contributed by atoms with E-state index >= 15 is 0 Å². The van der Waals surface area contributed by atoms with Crippen molar-refractivity contribution in [1.82, 2.24) is 0 Å². The zero-order valence-corrected chi connectivity index (χ0v) is 11.5. The minimum Gasteiger partial charge on any atom is -0.366 e. The molecule has 1 saturated carbocycles. The molecular formula is C14H17N3OS. The van der Waals surface area contributed by atoms with Gasteiger partial charge in [0.15, 0.2) is 5.17 Å². The number of anilines is 1. The summed E-state index contributed by atoms with van der Waals surface area (Å²) in [7, 11) is 0. The molecule has 1 fully saturated rings. The number of carbonyl (C=O) groups is 1. The number of benzene rings is 1. The number of amidine groups is 1. The number of aliphatic imine (C=N–C) groups is 1. The van der Waals surface area contributed by atoms with Crippen LogP contribution < -0.4 is 11.1 Å². The second-order valence-electron chi connectivity index (χ2n) is 5.07. The molecule has 4 nitrogen and oxygen atoms in total. The highest BCUT2D eigenvalue weighted by atomic mass is 32.2. The number of primary amides is 1. The van der Waals surface area contributed by atoms with Crippen molar-refractivity contribution in [3.05, 3.63) is 29.8 Å². The van der Waals surface area contributed by atoms with Gasteiger partial charge in [0, 0.05) is 17.0 Å². The first kappa shape index (κ1) is 12.5. The Balaban J connectivity index is 1.74. The summed E-state index contributed by atoms with van der Waals surface area (Å²) in [6.45, 7) is 0. The molecule has 2 aliphatic rings. The lowest BCUT2D eigenvalue weighted by Gasteiger charge is -2.23. The molecule has 3 rings (SSSR count). The first-order valence-corrected chi connectivity index (χ1v) is 7.58. The van der Waals surface area contributed by atoms with Gasteiger partial charge in [-0.25, -0.2) is 0 Å². The SMILES string of the molecule is NC(=O)c1cccc(NC2=NC3CCCC3CS2)c1. The average Bonchev–Trinajstić information content (AvgIpc) is 2.86. The van der Waals surface area contributed by atoms with E-state index < -0.39 is 5.91 Å². The minimum atomic E-state index is -0.405. The summed E-state index contributed by atoms with van der Waals surface area (Å²) in [5.41, 5.74) is 6.68. The highest BCUT2D eigenvalue weighted by Gasteiger charge is 2.30. The van der Waals surface area contributed by atoms with Gasteiger partial charge in [-0.1, -0.05) is 24.2 Å². The van der Waals surface area contributed by atoms with Crippen molar-refractivity contribution in [3.63, 3.8) is 0 Å². The van der Waals surface area contributed by atoms with Gasteiger partial charge in [0.25, 0.3) is 0 Å². The van der Waals surface area contributed by atoms with E-state index in [1.54, 1.807) is 23.9 Å². The van der Waals surface area contributed by atoms with Crippen LogP contribution in [0.1, 0.15) is 29.6 Å². The Morgan fingerprint density at radius 1 is 1.42 bits per heavy atom. The largest absolute Gasteiger partial charge is 0.366 e. The normalized spacial score (nSPS) is 25.6. The van der Waals surface area contributed by atoms with Gasteiger partial charge in [-0.3, -0.25) is 9.79 Å². The van der Waals surface area contributed by atoms with E-state index in [2.05, 4.69) is 5.32 Å². The summed E-state index contributed by atoms with van der Waals surface area (Å²) in [6.07, 6.45) is 3.81. The Morgan fingerprint density at radius 2 is 2.32 bits per heavy atom. The zero-order chi connectivity index (χ0) is 13.2. The van der Waals surface area contributed by atoms with Crippen molar-refractivity contribution in [3.8, 4) is 0 Å². The minimum absolute atomic E-state index is 0.405. The van der Waals surface area contributed by atoms with Gasteiger partial charge in [-0.2, -0.15) is 0 Å². The third kappa shape index (κ3) is 2.76. The molecular weight excluding hydrogens is 258 g/mol. The standard InChI is InChI=1S/C14H17N3OS/c15-13(18)9-3-1-5-11(7-9)16-14-17-12-6-2-4-10(12)8-19-14/h1,3,5,7,10,12H,2,4,6,8H2,(H2,15,18)(H,16,17). The first-order chi connectivity index (χ1) is 9.22. The maximum Gasteiger partial charge on any atom is 0.248 e. The number of hydrogen-bond acceptors (Lipinski definition) is 4. The van der Waals surface area contributed by atoms with Gasteiger partial charge < -0.3 is 11.1 Å². The Hall–Kier alpha value is -1.49. The van der Waals surface area contributed by atoms with E-state index in [1.807, 2.05) is 12.1 Å². The second-order valence-corrected chi connectivity index (χ2v) is 6.08. The summed E-state index contributed by atoms with van der Waals surface area (Å²) in [5.74, 6) is 1.50. The number of rotatable bonds is 2. The quantitative estimate of drug-likeness (QED) is 0.871. The lowest BCUT2D eigenvalue weighted by Crippen LogP contribution is -2.25. The highest BCUT2D eigenvalue weighted by molar-refractivity contribution is 8.14. The lowest BCUT2D eigenvalue weighted by molar-refractivity contribution is 0.100. The molecule has 0 spiro atoms. The van der Waals surface area contributed by atoms with Crippen molar-refractivity contribution in [1.29, 1.82) is 0 Å². The van der Waals surface area contributed by atoms with E-state index in [4.69, 9.17) is 10.7 Å². The van der Waals surface area contributed by atoms with Crippen LogP contribution in [-0.4, -0.2) is 22.9 Å². The molecule has 2 atom stereocenters. The maximum absolute atomic E-state index is 11.2. The molecule has 1 heterocycles. The van der Waals surface area contributed by atoms with Gasteiger partial charge in [-0.15, -0.1) is 0 Å². The number of thioether (sulfide) groups is 1. The molecule has 3 N–H and O–H groups in total. The van der Waals surface area contributed by atoms with Crippen LogP contribution >= 0.6 is 11.8 Å². The van der Waals surface area contributed by atoms with Crippen LogP contribution in [0.5, 0.6) is 0 Å². The Labute approximate surface area is 116 Å². The first-order valence-electron chi connectivity index (χ1n) is 6.60. The number of nitrogens with one attached hydrogen (secondary N) is 1. The topological polar surface area (TPSA) is 67.5 Å². The fourth-order valence-corrected chi connectivity index (χ4v) is 3.86. The van der Waals surface area contributed by atoms with Crippen LogP contribution in [0.2, 0.25) is 0 Å². The van der Waals surface area contributed by atoms with Crippen molar-refractivity contribution in [2.24, 2.45) is 16.6 Å². The number of nitrogens with zero attached hydrogens (tertiary/aromatic N) is 1.